The van der Waals surface area contributed by atoms with Crippen molar-refractivity contribution < 1.29 is 18.7 Å². The summed E-state index contributed by atoms with van der Waals surface area (Å²) in [7, 11) is 1.59. The molecule has 0 unspecified atom stereocenters. The summed E-state index contributed by atoms with van der Waals surface area (Å²) in [5.41, 5.74) is 2.02. The Kier molecular flexibility index (Phi) is 4.68. The molecule has 0 fully saturated rings. The number of carbonyl (C=O) groups is 1. The van der Waals surface area contributed by atoms with Crippen LogP contribution in [0.4, 0.5) is 0 Å². The Morgan fingerprint density at radius 2 is 2.07 bits per heavy atom. The highest BCUT2D eigenvalue weighted by Crippen LogP contribution is 2.30. The van der Waals surface area contributed by atoms with Crippen LogP contribution in [0.2, 0.25) is 0 Å². The number of halogens is 1. The van der Waals surface area contributed by atoms with Crippen molar-refractivity contribution >= 4 is 32.8 Å². The number of fused-ring (bicyclic) bond motifs is 1. The van der Waals surface area contributed by atoms with Gasteiger partial charge in [0.2, 0.25) is 5.89 Å². The molecule has 4 aromatic rings. The van der Waals surface area contributed by atoms with Crippen LogP contribution in [0.15, 0.2) is 63.6 Å². The third kappa shape index (κ3) is 3.59. The number of H-pyrrole nitrogens is 1. The summed E-state index contributed by atoms with van der Waals surface area (Å²) in [6.07, 6.45) is 1.58. The number of hydrogen-bond acceptors (Lipinski definition) is 5. The Labute approximate surface area is 163 Å². The highest BCUT2D eigenvalue weighted by molar-refractivity contribution is 9.10. The first-order chi connectivity index (χ1) is 13.1. The zero-order chi connectivity index (χ0) is 18.8. The van der Waals surface area contributed by atoms with Gasteiger partial charge in [-0.1, -0.05) is 28.1 Å². The van der Waals surface area contributed by atoms with Crippen LogP contribution in [0.5, 0.6) is 5.75 Å². The molecule has 6 nitrogen and oxygen atoms in total. The van der Waals surface area contributed by atoms with Gasteiger partial charge in [-0.25, -0.2) is 9.78 Å². The number of hydrogen-bond donors (Lipinski definition) is 1. The molecule has 2 aromatic heterocycles. The number of nitrogens with one attached hydrogen (secondary N) is 1. The van der Waals surface area contributed by atoms with Gasteiger partial charge in [-0.2, -0.15) is 0 Å². The lowest BCUT2D eigenvalue weighted by molar-refractivity contribution is 0.0433. The monoisotopic (exact) mass is 426 g/mol. The first-order valence-electron chi connectivity index (χ1n) is 8.17. The van der Waals surface area contributed by atoms with Gasteiger partial charge in [0.05, 0.1) is 18.9 Å². The number of ether oxygens (including phenoxy) is 2. The maximum absolute atomic E-state index is 12.3. The van der Waals surface area contributed by atoms with Crippen LogP contribution in [0.1, 0.15) is 16.4 Å². The third-order valence-electron chi connectivity index (χ3n) is 4.06. The standard InChI is InChI=1S/C20H15BrN2O4/c1-25-17-5-3-2-4-14(17)18-10-22-19(27-18)11-26-20(24)16-9-12-8-13(21)6-7-15(12)23-16/h2-10,23H,11H2,1H3. The van der Waals surface area contributed by atoms with Gasteiger partial charge in [-0.3, -0.25) is 0 Å². The van der Waals surface area contributed by atoms with Gasteiger partial charge in [-0.05, 0) is 36.4 Å². The van der Waals surface area contributed by atoms with E-state index in [1.54, 1.807) is 19.4 Å². The minimum Gasteiger partial charge on any atom is -0.496 e. The third-order valence-corrected chi connectivity index (χ3v) is 4.55. The van der Waals surface area contributed by atoms with Crippen molar-refractivity contribution in [1.29, 1.82) is 0 Å². The van der Waals surface area contributed by atoms with Gasteiger partial charge in [0.1, 0.15) is 11.4 Å². The van der Waals surface area contributed by atoms with Crippen molar-refractivity contribution in [1.82, 2.24) is 9.97 Å². The Balaban J connectivity index is 1.47. The largest absolute Gasteiger partial charge is 0.496 e. The smallest absolute Gasteiger partial charge is 0.355 e. The lowest BCUT2D eigenvalue weighted by atomic mass is 10.1. The molecule has 136 valence electrons. The van der Waals surface area contributed by atoms with E-state index in [9.17, 15) is 4.79 Å². The molecule has 0 amide bonds. The maximum atomic E-state index is 12.3. The van der Waals surface area contributed by atoms with E-state index in [1.807, 2.05) is 42.5 Å². The molecule has 0 aliphatic heterocycles. The Morgan fingerprint density at radius 3 is 2.93 bits per heavy atom. The molecule has 1 N–H and O–H groups in total. The number of methoxy groups -OCH3 is 1. The topological polar surface area (TPSA) is 77.4 Å². The normalized spacial score (nSPS) is 10.9. The Hall–Kier alpha value is -3.06. The zero-order valence-electron chi connectivity index (χ0n) is 14.4. The first-order valence-corrected chi connectivity index (χ1v) is 8.97. The predicted octanol–water partition coefficient (Wildman–Crippen LogP) is 4.95. The minimum atomic E-state index is -0.473. The Morgan fingerprint density at radius 1 is 1.22 bits per heavy atom. The summed E-state index contributed by atoms with van der Waals surface area (Å²) in [6, 6.07) is 14.9. The van der Waals surface area contributed by atoms with Crippen LogP contribution < -0.4 is 4.74 Å². The van der Waals surface area contributed by atoms with Gasteiger partial charge in [-0.15, -0.1) is 0 Å². The number of esters is 1. The average Bonchev–Trinajstić information content (AvgIpc) is 3.32. The van der Waals surface area contributed by atoms with Crippen molar-refractivity contribution in [2.24, 2.45) is 0 Å². The number of aromatic nitrogens is 2. The summed E-state index contributed by atoms with van der Waals surface area (Å²) in [5, 5.41) is 0.922. The van der Waals surface area contributed by atoms with Crippen molar-refractivity contribution in [3.63, 3.8) is 0 Å². The van der Waals surface area contributed by atoms with Crippen molar-refractivity contribution in [3.8, 4) is 17.1 Å². The maximum Gasteiger partial charge on any atom is 0.355 e. The SMILES string of the molecule is COc1ccccc1-c1cnc(COC(=O)c2cc3cc(Br)ccc3[nH]2)o1. The van der Waals surface area contributed by atoms with Crippen molar-refractivity contribution in [2.75, 3.05) is 7.11 Å². The fourth-order valence-corrected chi connectivity index (χ4v) is 3.15. The van der Waals surface area contributed by atoms with Gasteiger partial charge < -0.3 is 18.9 Å². The predicted molar refractivity (Wildman–Crippen MR) is 104 cm³/mol. The fraction of sp³-hybridized carbons (Fsp3) is 0.100. The number of aromatic amines is 1. The molecule has 0 saturated carbocycles. The number of para-hydroxylation sites is 1. The number of oxazole rings is 1. The van der Waals surface area contributed by atoms with Crippen LogP contribution >= 0.6 is 15.9 Å². The van der Waals surface area contributed by atoms with E-state index in [1.165, 1.54) is 0 Å². The molecule has 4 rings (SSSR count). The molecular weight excluding hydrogens is 412 g/mol. The van der Waals surface area contributed by atoms with E-state index >= 15 is 0 Å². The van der Waals surface area contributed by atoms with E-state index in [0.717, 1.165) is 20.9 Å². The lowest BCUT2D eigenvalue weighted by Crippen LogP contribution is -2.05. The number of benzene rings is 2. The van der Waals surface area contributed by atoms with Crippen LogP contribution in [-0.2, 0) is 11.3 Å². The molecule has 0 radical (unpaired) electrons. The quantitative estimate of drug-likeness (QED) is 0.456. The summed E-state index contributed by atoms with van der Waals surface area (Å²) >= 11 is 3.41. The zero-order valence-corrected chi connectivity index (χ0v) is 15.9. The minimum absolute atomic E-state index is 0.0625. The van der Waals surface area contributed by atoms with Crippen molar-refractivity contribution in [2.45, 2.75) is 6.61 Å². The molecule has 7 heteroatoms. The highest BCUT2D eigenvalue weighted by Gasteiger charge is 2.15. The molecule has 0 saturated heterocycles. The highest BCUT2D eigenvalue weighted by atomic mass is 79.9. The van der Waals surface area contributed by atoms with Crippen LogP contribution in [0.3, 0.4) is 0 Å². The molecule has 0 bridgehead atoms. The summed E-state index contributed by atoms with van der Waals surface area (Å²) in [4.78, 5) is 19.5. The molecule has 27 heavy (non-hydrogen) atoms. The van der Waals surface area contributed by atoms with Gasteiger partial charge in [0.25, 0.3) is 0 Å². The fourth-order valence-electron chi connectivity index (χ4n) is 2.77. The van der Waals surface area contributed by atoms with Crippen LogP contribution in [0, 0.1) is 0 Å². The molecule has 2 heterocycles. The molecule has 0 spiro atoms. The van der Waals surface area contributed by atoms with E-state index < -0.39 is 5.97 Å². The molecular formula is C20H15BrN2O4. The molecule has 0 aliphatic rings. The van der Waals surface area contributed by atoms with Gasteiger partial charge in [0.15, 0.2) is 12.4 Å². The molecule has 0 aliphatic carbocycles. The summed E-state index contributed by atoms with van der Waals surface area (Å²) in [5.74, 6) is 1.07. The summed E-state index contributed by atoms with van der Waals surface area (Å²) in [6.45, 7) is -0.0625. The first kappa shape index (κ1) is 17.4. The van der Waals surface area contributed by atoms with E-state index in [0.29, 0.717) is 23.1 Å². The average molecular weight is 427 g/mol. The number of carbonyl (C=O) groups excluding carboxylic acids is 1. The second-order valence-corrected chi connectivity index (χ2v) is 6.72. The number of nitrogens with zero attached hydrogens (tertiary/aromatic N) is 1. The van der Waals surface area contributed by atoms with Gasteiger partial charge in [0, 0.05) is 15.4 Å². The van der Waals surface area contributed by atoms with E-state index in [2.05, 4.69) is 25.9 Å². The van der Waals surface area contributed by atoms with E-state index in [-0.39, 0.29) is 6.61 Å². The van der Waals surface area contributed by atoms with Crippen molar-refractivity contribution in [3.05, 3.63) is 70.8 Å². The second-order valence-electron chi connectivity index (χ2n) is 5.81. The lowest BCUT2D eigenvalue weighted by Gasteiger charge is -2.04. The molecule has 2 aromatic carbocycles. The number of rotatable bonds is 5. The van der Waals surface area contributed by atoms with Gasteiger partial charge >= 0.3 is 5.97 Å². The molecule has 0 atom stereocenters. The summed E-state index contributed by atoms with van der Waals surface area (Å²) < 4.78 is 17.3. The van der Waals surface area contributed by atoms with Crippen LogP contribution in [0.25, 0.3) is 22.2 Å². The Bertz CT molecular complexity index is 1120. The van der Waals surface area contributed by atoms with E-state index in [4.69, 9.17) is 13.9 Å². The van der Waals surface area contributed by atoms with Crippen LogP contribution in [-0.4, -0.2) is 23.0 Å². The second kappa shape index (κ2) is 7.28.